The molecule has 3 rings (SSSR count). The first-order chi connectivity index (χ1) is 12.6. The van der Waals surface area contributed by atoms with Crippen LogP contribution in [0.5, 0.6) is 0 Å². The van der Waals surface area contributed by atoms with Gasteiger partial charge >= 0.3 is 0 Å². The van der Waals surface area contributed by atoms with Crippen LogP contribution >= 0.6 is 11.6 Å². The van der Waals surface area contributed by atoms with Crippen molar-refractivity contribution in [2.45, 2.75) is 19.0 Å². The summed E-state index contributed by atoms with van der Waals surface area (Å²) in [5.74, 6) is -0.491. The number of carbonyl (C=O) groups is 2. The summed E-state index contributed by atoms with van der Waals surface area (Å²) in [5, 5.41) is 3.31. The third-order valence-electron chi connectivity index (χ3n) is 4.46. The predicted molar refractivity (Wildman–Crippen MR) is 98.9 cm³/mol. The number of rotatable bonds is 6. The van der Waals surface area contributed by atoms with Crippen LogP contribution in [0.15, 0.2) is 42.6 Å². The van der Waals surface area contributed by atoms with Crippen molar-refractivity contribution in [3.63, 3.8) is 0 Å². The van der Waals surface area contributed by atoms with Crippen molar-refractivity contribution >= 4 is 23.4 Å². The second kappa shape index (κ2) is 8.38. The van der Waals surface area contributed by atoms with E-state index in [9.17, 15) is 9.59 Å². The van der Waals surface area contributed by atoms with Gasteiger partial charge in [-0.05, 0) is 29.8 Å². The van der Waals surface area contributed by atoms with Gasteiger partial charge in [-0.3, -0.25) is 9.59 Å². The van der Waals surface area contributed by atoms with E-state index in [1.54, 1.807) is 12.0 Å². The SMILES string of the molecule is COCCNC(=O)CC(=O)N1CCn2cccc2[C@@H]1c1cccc(Cl)c1. The molecule has 1 aliphatic rings. The van der Waals surface area contributed by atoms with Crippen molar-refractivity contribution in [3.8, 4) is 0 Å². The molecule has 1 aromatic carbocycles. The largest absolute Gasteiger partial charge is 0.383 e. The number of benzene rings is 1. The average Bonchev–Trinajstić information content (AvgIpc) is 3.09. The molecule has 6 nitrogen and oxygen atoms in total. The molecular formula is C19H22ClN3O3. The third-order valence-corrected chi connectivity index (χ3v) is 4.70. The quantitative estimate of drug-likeness (QED) is 0.622. The van der Waals surface area contributed by atoms with E-state index in [0.29, 0.717) is 31.3 Å². The van der Waals surface area contributed by atoms with E-state index < -0.39 is 0 Å². The number of nitrogens with zero attached hydrogens (tertiary/aromatic N) is 2. The van der Waals surface area contributed by atoms with E-state index >= 15 is 0 Å². The zero-order chi connectivity index (χ0) is 18.5. The lowest BCUT2D eigenvalue weighted by atomic mass is 9.99. The maximum Gasteiger partial charge on any atom is 0.232 e. The van der Waals surface area contributed by atoms with Gasteiger partial charge in [0.1, 0.15) is 6.42 Å². The number of ether oxygens (including phenoxy) is 1. The molecule has 0 unspecified atom stereocenters. The van der Waals surface area contributed by atoms with Gasteiger partial charge in [-0.1, -0.05) is 23.7 Å². The molecule has 1 N–H and O–H groups in total. The number of aromatic nitrogens is 1. The number of halogens is 1. The standard InChI is InChI=1S/C19H22ClN3O3/c1-26-11-7-21-17(24)13-18(25)23-10-9-22-8-3-6-16(22)19(23)14-4-2-5-15(20)12-14/h2-6,8,12,19H,7,9-11,13H2,1H3,(H,21,24)/t19-/m0/s1. The fraction of sp³-hybridized carbons (Fsp3) is 0.368. The van der Waals surface area contributed by atoms with E-state index in [4.69, 9.17) is 16.3 Å². The summed E-state index contributed by atoms with van der Waals surface area (Å²) in [4.78, 5) is 26.6. The number of carbonyl (C=O) groups excluding carboxylic acids is 2. The molecule has 26 heavy (non-hydrogen) atoms. The van der Waals surface area contributed by atoms with E-state index in [1.165, 1.54) is 0 Å². The lowest BCUT2D eigenvalue weighted by Crippen LogP contribution is -2.44. The maximum atomic E-state index is 12.8. The van der Waals surface area contributed by atoms with Gasteiger partial charge < -0.3 is 19.5 Å². The Balaban J connectivity index is 1.81. The Labute approximate surface area is 157 Å². The van der Waals surface area contributed by atoms with Gasteiger partial charge in [0.2, 0.25) is 11.8 Å². The number of methoxy groups -OCH3 is 1. The Bertz CT molecular complexity index is 790. The zero-order valence-corrected chi connectivity index (χ0v) is 15.4. The summed E-state index contributed by atoms with van der Waals surface area (Å²) in [5.41, 5.74) is 1.96. The summed E-state index contributed by atoms with van der Waals surface area (Å²) in [6.07, 6.45) is 1.83. The Morgan fingerprint density at radius 3 is 2.88 bits per heavy atom. The highest BCUT2D eigenvalue weighted by atomic mass is 35.5. The fourth-order valence-corrected chi connectivity index (χ4v) is 3.47. The predicted octanol–water partition coefficient (Wildman–Crippen LogP) is 2.23. The lowest BCUT2D eigenvalue weighted by Gasteiger charge is -2.37. The van der Waals surface area contributed by atoms with Crippen LogP contribution in [-0.4, -0.2) is 48.1 Å². The summed E-state index contributed by atoms with van der Waals surface area (Å²) in [6.45, 7) is 2.06. The maximum absolute atomic E-state index is 12.8. The molecule has 1 aliphatic heterocycles. The van der Waals surface area contributed by atoms with Crippen LogP contribution in [0.4, 0.5) is 0 Å². The van der Waals surface area contributed by atoms with E-state index in [0.717, 1.165) is 11.3 Å². The van der Waals surface area contributed by atoms with Crippen LogP contribution in [0.1, 0.15) is 23.7 Å². The second-order valence-corrected chi connectivity index (χ2v) is 6.63. The van der Waals surface area contributed by atoms with E-state index in [1.807, 2.05) is 42.6 Å². The van der Waals surface area contributed by atoms with Crippen molar-refractivity contribution in [2.75, 3.05) is 26.8 Å². The molecule has 0 saturated heterocycles. The summed E-state index contributed by atoms with van der Waals surface area (Å²) in [6, 6.07) is 11.2. The van der Waals surface area contributed by atoms with Crippen molar-refractivity contribution < 1.29 is 14.3 Å². The Kier molecular flexibility index (Phi) is 5.96. The molecule has 0 radical (unpaired) electrons. The molecule has 2 heterocycles. The highest BCUT2D eigenvalue weighted by Crippen LogP contribution is 2.33. The second-order valence-electron chi connectivity index (χ2n) is 6.19. The van der Waals surface area contributed by atoms with Crippen molar-refractivity contribution in [1.29, 1.82) is 0 Å². The molecule has 0 bridgehead atoms. The number of nitrogens with one attached hydrogen (secondary N) is 1. The first kappa shape index (κ1) is 18.5. The summed E-state index contributed by atoms with van der Waals surface area (Å²) >= 11 is 6.16. The zero-order valence-electron chi connectivity index (χ0n) is 14.7. The summed E-state index contributed by atoms with van der Waals surface area (Å²) in [7, 11) is 1.57. The molecule has 7 heteroatoms. The molecule has 2 amide bonds. The first-order valence-corrected chi connectivity index (χ1v) is 8.93. The Morgan fingerprint density at radius 1 is 1.27 bits per heavy atom. The van der Waals surface area contributed by atoms with Gasteiger partial charge in [0.15, 0.2) is 0 Å². The molecule has 2 aromatic rings. The van der Waals surface area contributed by atoms with Crippen molar-refractivity contribution in [1.82, 2.24) is 14.8 Å². The number of hydrogen-bond acceptors (Lipinski definition) is 3. The van der Waals surface area contributed by atoms with Crippen LogP contribution in [-0.2, 0) is 20.9 Å². The molecule has 0 fully saturated rings. The Morgan fingerprint density at radius 2 is 2.12 bits per heavy atom. The molecule has 0 saturated carbocycles. The third kappa shape index (κ3) is 4.08. The van der Waals surface area contributed by atoms with Gasteiger partial charge in [0.25, 0.3) is 0 Å². The number of fused-ring (bicyclic) bond motifs is 1. The first-order valence-electron chi connectivity index (χ1n) is 8.55. The highest BCUT2D eigenvalue weighted by Gasteiger charge is 2.32. The monoisotopic (exact) mass is 375 g/mol. The number of amides is 2. The molecule has 1 atom stereocenters. The Hall–Kier alpha value is -2.31. The van der Waals surface area contributed by atoms with Crippen LogP contribution in [0.25, 0.3) is 0 Å². The average molecular weight is 376 g/mol. The van der Waals surface area contributed by atoms with Gasteiger partial charge in [-0.2, -0.15) is 0 Å². The minimum absolute atomic E-state index is 0.179. The normalized spacial score (nSPS) is 16.2. The van der Waals surface area contributed by atoms with Crippen molar-refractivity contribution in [2.24, 2.45) is 0 Å². The lowest BCUT2D eigenvalue weighted by molar-refractivity contribution is -0.138. The molecule has 0 spiro atoms. The topological polar surface area (TPSA) is 63.6 Å². The van der Waals surface area contributed by atoms with Gasteiger partial charge in [0.05, 0.1) is 12.6 Å². The van der Waals surface area contributed by atoms with Gasteiger partial charge in [-0.25, -0.2) is 0 Å². The molecule has 138 valence electrons. The van der Waals surface area contributed by atoms with Crippen molar-refractivity contribution in [3.05, 3.63) is 58.9 Å². The molecule has 0 aliphatic carbocycles. The minimum Gasteiger partial charge on any atom is -0.383 e. The fourth-order valence-electron chi connectivity index (χ4n) is 3.27. The number of hydrogen-bond donors (Lipinski definition) is 1. The van der Waals surface area contributed by atoms with E-state index in [-0.39, 0.29) is 24.3 Å². The van der Waals surface area contributed by atoms with Crippen LogP contribution in [0.2, 0.25) is 5.02 Å². The van der Waals surface area contributed by atoms with E-state index in [2.05, 4.69) is 9.88 Å². The van der Waals surface area contributed by atoms with Gasteiger partial charge in [0, 0.05) is 43.7 Å². The van der Waals surface area contributed by atoms with Crippen LogP contribution in [0, 0.1) is 0 Å². The molecule has 1 aromatic heterocycles. The van der Waals surface area contributed by atoms with Gasteiger partial charge in [-0.15, -0.1) is 0 Å². The summed E-state index contributed by atoms with van der Waals surface area (Å²) < 4.78 is 7.04. The van der Waals surface area contributed by atoms with Crippen LogP contribution < -0.4 is 5.32 Å². The van der Waals surface area contributed by atoms with Crippen LogP contribution in [0.3, 0.4) is 0 Å². The smallest absolute Gasteiger partial charge is 0.232 e. The minimum atomic E-state index is -0.294. The molecular weight excluding hydrogens is 354 g/mol. The highest BCUT2D eigenvalue weighted by molar-refractivity contribution is 6.30.